The molecular formula is C10H7F2NO. The topological polar surface area (TPSA) is 40.9 Å². The number of Topliss-reactive ketones (excluding diaryl/α,β-unsaturated/α-hetero) is 1. The highest BCUT2D eigenvalue weighted by atomic mass is 19.3. The minimum atomic E-state index is -2.80. The first-order chi connectivity index (χ1) is 6.57. The number of alkyl halides is 2. The Bertz CT molecular complexity index is 407. The van der Waals surface area contributed by atoms with Gasteiger partial charge in [-0.25, -0.2) is 8.78 Å². The Morgan fingerprint density at radius 2 is 2.14 bits per heavy atom. The van der Waals surface area contributed by atoms with Gasteiger partial charge < -0.3 is 0 Å². The highest BCUT2D eigenvalue weighted by Crippen LogP contribution is 2.26. The molecule has 0 radical (unpaired) electrons. The van der Waals surface area contributed by atoms with E-state index in [-0.39, 0.29) is 11.1 Å². The van der Waals surface area contributed by atoms with Gasteiger partial charge in [0.2, 0.25) is 0 Å². The zero-order chi connectivity index (χ0) is 10.7. The molecule has 0 N–H and O–H groups in total. The maximum Gasteiger partial charge on any atom is 0.265 e. The van der Waals surface area contributed by atoms with Gasteiger partial charge in [-0.05, 0) is 13.0 Å². The number of hydrogen-bond donors (Lipinski definition) is 0. The second-order valence-corrected chi connectivity index (χ2v) is 2.74. The molecule has 1 rings (SSSR count). The SMILES string of the molecule is CC(=O)c1cccc(C#N)c1C(F)F. The molecule has 0 unspecified atom stereocenters. The van der Waals surface area contributed by atoms with E-state index in [9.17, 15) is 13.6 Å². The second-order valence-electron chi connectivity index (χ2n) is 2.74. The molecule has 0 aliphatic rings. The quantitative estimate of drug-likeness (QED) is 0.680. The molecule has 4 heteroatoms. The van der Waals surface area contributed by atoms with Crippen LogP contribution in [0.5, 0.6) is 0 Å². The van der Waals surface area contributed by atoms with Gasteiger partial charge in [0.25, 0.3) is 6.43 Å². The van der Waals surface area contributed by atoms with Gasteiger partial charge in [0, 0.05) is 11.1 Å². The van der Waals surface area contributed by atoms with Gasteiger partial charge in [-0.15, -0.1) is 0 Å². The predicted molar refractivity (Wildman–Crippen MR) is 46.1 cm³/mol. The maximum absolute atomic E-state index is 12.5. The summed E-state index contributed by atoms with van der Waals surface area (Å²) in [5.41, 5.74) is -0.700. The lowest BCUT2D eigenvalue weighted by molar-refractivity contribution is 0.0999. The van der Waals surface area contributed by atoms with Crippen molar-refractivity contribution in [2.45, 2.75) is 13.3 Å². The molecule has 0 aliphatic carbocycles. The molecule has 72 valence electrons. The number of carbonyl (C=O) groups is 1. The number of carbonyl (C=O) groups excluding carboxylic acids is 1. The predicted octanol–water partition coefficient (Wildman–Crippen LogP) is 2.70. The fraction of sp³-hybridized carbons (Fsp3) is 0.200. The van der Waals surface area contributed by atoms with Crippen LogP contribution in [0.2, 0.25) is 0 Å². The molecule has 0 fully saturated rings. The van der Waals surface area contributed by atoms with E-state index in [0.29, 0.717) is 0 Å². The molecule has 0 saturated heterocycles. The molecule has 1 aromatic rings. The third-order valence-electron chi connectivity index (χ3n) is 1.82. The molecule has 0 bridgehead atoms. The van der Waals surface area contributed by atoms with Crippen molar-refractivity contribution >= 4 is 5.78 Å². The molecule has 0 atom stereocenters. The van der Waals surface area contributed by atoms with Crippen LogP contribution >= 0.6 is 0 Å². The number of halogens is 2. The first-order valence-corrected chi connectivity index (χ1v) is 3.90. The molecule has 1 aromatic carbocycles. The first kappa shape index (κ1) is 10.3. The number of nitrogens with zero attached hydrogens (tertiary/aromatic N) is 1. The van der Waals surface area contributed by atoms with Crippen LogP contribution in [0.15, 0.2) is 18.2 Å². The van der Waals surface area contributed by atoms with Gasteiger partial charge in [0.15, 0.2) is 5.78 Å². The van der Waals surface area contributed by atoms with E-state index in [0.717, 1.165) is 0 Å². The molecule has 0 spiro atoms. The first-order valence-electron chi connectivity index (χ1n) is 3.90. The van der Waals surface area contributed by atoms with Crippen molar-refractivity contribution in [3.63, 3.8) is 0 Å². The van der Waals surface area contributed by atoms with E-state index >= 15 is 0 Å². The molecule has 14 heavy (non-hydrogen) atoms. The summed E-state index contributed by atoms with van der Waals surface area (Å²) in [6, 6.07) is 5.63. The summed E-state index contributed by atoms with van der Waals surface area (Å²) in [5.74, 6) is -0.461. The Labute approximate surface area is 79.8 Å². The summed E-state index contributed by atoms with van der Waals surface area (Å²) in [5, 5.41) is 8.58. The van der Waals surface area contributed by atoms with Gasteiger partial charge in [-0.2, -0.15) is 5.26 Å². The monoisotopic (exact) mass is 195 g/mol. The number of nitriles is 1. The second kappa shape index (κ2) is 3.97. The Hall–Kier alpha value is -1.76. The van der Waals surface area contributed by atoms with Crippen molar-refractivity contribution in [3.8, 4) is 6.07 Å². The average Bonchev–Trinajstić information content (AvgIpc) is 2.16. The van der Waals surface area contributed by atoms with Crippen LogP contribution in [0.25, 0.3) is 0 Å². The molecule has 0 aliphatic heterocycles. The number of benzene rings is 1. The van der Waals surface area contributed by atoms with Gasteiger partial charge in [-0.3, -0.25) is 4.79 Å². The van der Waals surface area contributed by atoms with Crippen molar-refractivity contribution in [3.05, 3.63) is 34.9 Å². The Kier molecular flexibility index (Phi) is 2.92. The van der Waals surface area contributed by atoms with Crippen LogP contribution in [-0.2, 0) is 0 Å². The molecule has 0 aromatic heterocycles. The molecule has 0 amide bonds. The van der Waals surface area contributed by atoms with Gasteiger partial charge >= 0.3 is 0 Å². The van der Waals surface area contributed by atoms with E-state index in [1.165, 1.54) is 25.1 Å². The van der Waals surface area contributed by atoms with Crippen molar-refractivity contribution in [1.82, 2.24) is 0 Å². The molecule has 2 nitrogen and oxygen atoms in total. The van der Waals surface area contributed by atoms with E-state index in [2.05, 4.69) is 0 Å². The largest absolute Gasteiger partial charge is 0.294 e. The van der Waals surface area contributed by atoms with Crippen LogP contribution in [-0.4, -0.2) is 5.78 Å². The third kappa shape index (κ3) is 1.77. The molecule has 0 heterocycles. The summed E-state index contributed by atoms with van der Waals surface area (Å²) in [7, 11) is 0. The maximum atomic E-state index is 12.5. The summed E-state index contributed by atoms with van der Waals surface area (Å²) in [6.45, 7) is 1.20. The van der Waals surface area contributed by atoms with E-state index in [1.807, 2.05) is 0 Å². The van der Waals surface area contributed by atoms with E-state index in [4.69, 9.17) is 5.26 Å². The van der Waals surface area contributed by atoms with Crippen LogP contribution in [0.3, 0.4) is 0 Å². The third-order valence-corrected chi connectivity index (χ3v) is 1.82. The Balaban J connectivity index is 3.45. The van der Waals surface area contributed by atoms with Crippen LogP contribution in [0.1, 0.15) is 34.8 Å². The smallest absolute Gasteiger partial charge is 0.265 e. The van der Waals surface area contributed by atoms with Gasteiger partial charge in [-0.1, -0.05) is 12.1 Å². The summed E-state index contributed by atoms with van der Waals surface area (Å²) < 4.78 is 25.1. The van der Waals surface area contributed by atoms with Gasteiger partial charge in [0.05, 0.1) is 11.6 Å². The lowest BCUT2D eigenvalue weighted by atomic mass is 9.99. The van der Waals surface area contributed by atoms with Crippen LogP contribution in [0.4, 0.5) is 8.78 Å². The summed E-state index contributed by atoms with van der Waals surface area (Å²) in [6.07, 6.45) is -2.80. The average molecular weight is 195 g/mol. The molecule has 0 saturated carbocycles. The summed E-state index contributed by atoms with van der Waals surface area (Å²) in [4.78, 5) is 11.0. The van der Waals surface area contributed by atoms with Crippen molar-refractivity contribution in [2.24, 2.45) is 0 Å². The Morgan fingerprint density at radius 1 is 1.50 bits per heavy atom. The number of ketones is 1. The van der Waals surface area contributed by atoms with Crippen molar-refractivity contribution < 1.29 is 13.6 Å². The summed E-state index contributed by atoms with van der Waals surface area (Å²) >= 11 is 0. The number of rotatable bonds is 2. The zero-order valence-electron chi connectivity index (χ0n) is 7.42. The fourth-order valence-corrected chi connectivity index (χ4v) is 1.20. The lowest BCUT2D eigenvalue weighted by Gasteiger charge is -2.06. The highest BCUT2D eigenvalue weighted by molar-refractivity contribution is 5.96. The minimum Gasteiger partial charge on any atom is -0.294 e. The van der Waals surface area contributed by atoms with Crippen molar-refractivity contribution in [2.75, 3.05) is 0 Å². The Morgan fingerprint density at radius 3 is 2.57 bits per heavy atom. The molecular weight excluding hydrogens is 188 g/mol. The van der Waals surface area contributed by atoms with Crippen molar-refractivity contribution in [1.29, 1.82) is 5.26 Å². The van der Waals surface area contributed by atoms with E-state index < -0.39 is 17.8 Å². The minimum absolute atomic E-state index is 0.0842. The van der Waals surface area contributed by atoms with Crippen LogP contribution < -0.4 is 0 Å². The fourth-order valence-electron chi connectivity index (χ4n) is 1.20. The van der Waals surface area contributed by atoms with E-state index in [1.54, 1.807) is 6.07 Å². The zero-order valence-corrected chi connectivity index (χ0v) is 7.42. The number of hydrogen-bond acceptors (Lipinski definition) is 2. The normalized spacial score (nSPS) is 9.93. The highest BCUT2D eigenvalue weighted by Gasteiger charge is 2.19. The standard InChI is InChI=1S/C10H7F2NO/c1-6(14)8-4-2-3-7(5-13)9(8)10(11)12/h2-4,10H,1H3. The van der Waals surface area contributed by atoms with Gasteiger partial charge in [0.1, 0.15) is 0 Å². The van der Waals surface area contributed by atoms with Crippen LogP contribution in [0, 0.1) is 11.3 Å². The lowest BCUT2D eigenvalue weighted by Crippen LogP contribution is -2.02.